The molecule has 0 saturated carbocycles. The fourth-order valence-corrected chi connectivity index (χ4v) is 0. The number of hydrogen-bond donors (Lipinski definition) is 2. The minimum Gasteiger partial charge on any atom is -0.255 e. The lowest BCUT2D eigenvalue weighted by molar-refractivity contribution is -0.191. The summed E-state index contributed by atoms with van der Waals surface area (Å²) in [7, 11) is 0. The smallest absolute Gasteiger partial charge is 0.255 e. The lowest BCUT2D eigenvalue weighted by Crippen LogP contribution is -1.29. The largest absolute Gasteiger partial charge is 0.373 e. The average molecular weight is 78.0 g/mol. The maximum Gasteiger partial charge on any atom is 0.373 e. The third-order valence-electron chi connectivity index (χ3n) is 0. The van der Waals surface area contributed by atoms with Crippen molar-refractivity contribution in [1.82, 2.24) is 0 Å². The highest BCUT2D eigenvalue weighted by Crippen LogP contribution is 0.787. The summed E-state index contributed by atoms with van der Waals surface area (Å²) in [5.74, 6) is 0. The Kier molecular flexibility index (Phi) is 343. The first-order valence-electron chi connectivity index (χ1n) is 0.608. The summed E-state index contributed by atoms with van der Waals surface area (Å²) >= 11 is 0. The molecule has 0 heterocycles. The molecule has 5 heavy (non-hydrogen) atoms. The van der Waals surface area contributed by atoms with Crippen molar-refractivity contribution < 1.29 is 20.1 Å². The Labute approximate surface area is 27.6 Å². The second-order valence-corrected chi connectivity index (χ2v) is 0.0833. The van der Waals surface area contributed by atoms with Crippen LogP contribution in [0.2, 0.25) is 0 Å². The molecule has 0 unspecified atom stereocenters. The summed E-state index contributed by atoms with van der Waals surface area (Å²) in [5.41, 5.74) is 0. The maximum atomic E-state index is 8.12. The molecule has 0 aliphatic carbocycles. The van der Waals surface area contributed by atoms with Gasteiger partial charge in [0.25, 0.3) is 0 Å². The summed E-state index contributed by atoms with van der Waals surface area (Å²) in [6, 6.07) is 0. The van der Waals surface area contributed by atoms with Crippen molar-refractivity contribution in [3.05, 3.63) is 0 Å². The van der Waals surface area contributed by atoms with E-state index in [1.807, 2.05) is 0 Å². The van der Waals surface area contributed by atoms with Gasteiger partial charge in [-0.25, -0.2) is 0 Å². The molecule has 0 aliphatic heterocycles. The predicted molar refractivity (Wildman–Crippen MR) is 10.3 cm³/mol. The van der Waals surface area contributed by atoms with Crippen LogP contribution >= 0.6 is 0 Å². The maximum absolute atomic E-state index is 8.12. The van der Waals surface area contributed by atoms with E-state index in [9.17, 15) is 0 Å². The van der Waals surface area contributed by atoms with Crippen molar-refractivity contribution in [2.45, 2.75) is 0 Å². The van der Waals surface area contributed by atoms with Gasteiger partial charge in [-0.15, -0.1) is 0 Å². The molecule has 0 aromatic carbocycles. The van der Waals surface area contributed by atoms with Crippen LogP contribution in [0.1, 0.15) is 0 Å². The molecule has 0 fully saturated rings. The average Bonchev–Trinajstić information content (AvgIpc) is 1.46. The Morgan fingerprint density at radius 2 is 1.20 bits per heavy atom. The van der Waals surface area contributed by atoms with E-state index < -0.39 is 0 Å². The Balaban J connectivity index is 0. The molecule has 0 atom stereocenters. The van der Waals surface area contributed by atoms with Crippen LogP contribution < -0.4 is 0 Å². The summed E-state index contributed by atoms with van der Waals surface area (Å²) in [4.78, 5) is 16.2. The van der Waals surface area contributed by atoms with Crippen LogP contribution in [0.4, 0.5) is 0 Å². The Morgan fingerprint density at radius 1 is 1.20 bits per heavy atom. The van der Waals surface area contributed by atoms with Crippen LogP contribution in [0, 0.1) is 0 Å². The summed E-state index contributed by atoms with van der Waals surface area (Å²) in [6.45, 7) is 0. The van der Waals surface area contributed by atoms with Gasteiger partial charge in [-0.1, -0.05) is 0 Å². The Bertz CT molecular complexity index is 24.6. The van der Waals surface area contributed by atoms with Crippen LogP contribution in [0.5, 0.6) is 0 Å². The van der Waals surface area contributed by atoms with Gasteiger partial charge in [0, 0.05) is 0 Å². The highest BCUT2D eigenvalue weighted by atomic mass is 17.0. The van der Waals surface area contributed by atoms with Gasteiger partial charge in [-0.05, 0) is 0 Å². The third kappa shape index (κ3) is 11.4. The van der Waals surface area contributed by atoms with Crippen molar-refractivity contribution in [2.24, 2.45) is 0 Å². The molecule has 0 bridgehead atoms. The lowest BCUT2D eigenvalue weighted by atomic mass is 11.8. The SMILES string of the molecule is O=C=O.OO. The van der Waals surface area contributed by atoms with E-state index in [0.717, 1.165) is 0 Å². The van der Waals surface area contributed by atoms with E-state index in [1.165, 1.54) is 0 Å². The van der Waals surface area contributed by atoms with E-state index in [0.29, 0.717) is 0 Å². The van der Waals surface area contributed by atoms with Crippen molar-refractivity contribution >= 4 is 6.15 Å². The predicted octanol–water partition coefficient (Wildman–Crippen LogP) is -0.566. The van der Waals surface area contributed by atoms with Crippen molar-refractivity contribution in [3.63, 3.8) is 0 Å². The zero-order valence-corrected chi connectivity index (χ0v) is 2.21. The Hall–Kier alpha value is -0.700. The zero-order chi connectivity index (χ0) is 4.71. The van der Waals surface area contributed by atoms with Gasteiger partial charge < -0.3 is 0 Å². The minimum atomic E-state index is 0.250. The van der Waals surface area contributed by atoms with Gasteiger partial charge in [0.2, 0.25) is 0 Å². The summed E-state index contributed by atoms with van der Waals surface area (Å²) in [6.07, 6.45) is 0.250. The first-order chi connectivity index (χ1) is 2.41. The molecule has 0 radical (unpaired) electrons. The first-order valence-corrected chi connectivity index (χ1v) is 0.608. The third-order valence-corrected chi connectivity index (χ3v) is 0. The first kappa shape index (κ1) is 8.85. The van der Waals surface area contributed by atoms with Gasteiger partial charge in [0.15, 0.2) is 0 Å². The van der Waals surface area contributed by atoms with Gasteiger partial charge in [-0.3, -0.25) is 10.5 Å². The van der Waals surface area contributed by atoms with Crippen molar-refractivity contribution in [1.29, 1.82) is 0 Å². The van der Waals surface area contributed by atoms with E-state index in [-0.39, 0.29) is 6.15 Å². The fourth-order valence-electron chi connectivity index (χ4n) is 0. The van der Waals surface area contributed by atoms with Crippen LogP contribution in [0.25, 0.3) is 0 Å². The van der Waals surface area contributed by atoms with E-state index >= 15 is 0 Å². The molecule has 4 nitrogen and oxygen atoms in total. The minimum absolute atomic E-state index is 0.250. The molecule has 4 heteroatoms. The highest BCUT2D eigenvalue weighted by molar-refractivity contribution is 5.20. The quantitative estimate of drug-likeness (QED) is 0.300. The zero-order valence-electron chi connectivity index (χ0n) is 2.21. The molecule has 0 saturated heterocycles. The monoisotopic (exact) mass is 78.0 g/mol. The van der Waals surface area contributed by atoms with Crippen LogP contribution in [-0.2, 0) is 9.59 Å². The van der Waals surface area contributed by atoms with Crippen LogP contribution in [-0.4, -0.2) is 16.7 Å². The topological polar surface area (TPSA) is 74.6 Å². The molecule has 30 valence electrons. The van der Waals surface area contributed by atoms with Crippen molar-refractivity contribution in [2.75, 3.05) is 0 Å². The molecule has 0 aliphatic rings. The summed E-state index contributed by atoms with van der Waals surface area (Å²) in [5, 5.41) is 12.0. The lowest BCUT2D eigenvalue weighted by Gasteiger charge is -1.25. The molecule has 0 spiro atoms. The summed E-state index contributed by atoms with van der Waals surface area (Å²) < 4.78 is 0. The second-order valence-electron chi connectivity index (χ2n) is 0.0833. The van der Waals surface area contributed by atoms with Gasteiger partial charge in [0.1, 0.15) is 0 Å². The number of rotatable bonds is 0. The van der Waals surface area contributed by atoms with E-state index in [2.05, 4.69) is 0 Å². The fraction of sp³-hybridized carbons (Fsp3) is 0. The standard InChI is InChI=1S/CO2.H2O2/c2-1-3;1-2/h;1-2H. The van der Waals surface area contributed by atoms with E-state index in [4.69, 9.17) is 20.1 Å². The van der Waals surface area contributed by atoms with Crippen LogP contribution in [0.3, 0.4) is 0 Å². The normalized spacial score (nSPS) is 2.80. The van der Waals surface area contributed by atoms with Crippen molar-refractivity contribution in [3.8, 4) is 0 Å². The number of hydrogen-bond acceptors (Lipinski definition) is 4. The van der Waals surface area contributed by atoms with Gasteiger partial charge in [-0.2, -0.15) is 9.59 Å². The second kappa shape index (κ2) is 194. The molecule has 0 aromatic heterocycles. The molecular weight excluding hydrogens is 76.0 g/mol. The molecule has 0 rings (SSSR count). The highest BCUT2D eigenvalue weighted by Gasteiger charge is 1.13. The van der Waals surface area contributed by atoms with Gasteiger partial charge >= 0.3 is 6.15 Å². The molecule has 0 amide bonds. The Morgan fingerprint density at radius 3 is 1.20 bits per heavy atom. The molecular formula is CH2O4. The molecule has 0 aromatic rings. The van der Waals surface area contributed by atoms with Gasteiger partial charge in [0.05, 0.1) is 0 Å². The molecule has 2 N–H and O–H groups in total. The van der Waals surface area contributed by atoms with E-state index in [1.54, 1.807) is 0 Å². The number of carbonyl (C=O) groups excluding carboxylic acids is 2. The van der Waals surface area contributed by atoms with Crippen LogP contribution in [0.15, 0.2) is 0 Å².